The highest BCUT2D eigenvalue weighted by molar-refractivity contribution is 6.04. The SMILES string of the molecule is Cc1ccc(-n2nc(C)c(NC(=O)c3ccc(F)cc3)c2C)cc1. The molecule has 0 saturated heterocycles. The van der Waals surface area contributed by atoms with Crippen LogP contribution in [0, 0.1) is 26.6 Å². The fraction of sp³-hybridized carbons (Fsp3) is 0.158. The number of aromatic nitrogens is 2. The molecule has 1 heterocycles. The van der Waals surface area contributed by atoms with E-state index in [1.165, 1.54) is 29.8 Å². The molecule has 0 fully saturated rings. The summed E-state index contributed by atoms with van der Waals surface area (Å²) in [7, 11) is 0. The van der Waals surface area contributed by atoms with Gasteiger partial charge in [-0.15, -0.1) is 0 Å². The van der Waals surface area contributed by atoms with Crippen LogP contribution in [-0.2, 0) is 0 Å². The number of hydrogen-bond donors (Lipinski definition) is 1. The average Bonchev–Trinajstić information content (AvgIpc) is 2.84. The van der Waals surface area contributed by atoms with Crippen molar-refractivity contribution in [2.24, 2.45) is 0 Å². The van der Waals surface area contributed by atoms with Gasteiger partial charge in [0.2, 0.25) is 0 Å². The number of amides is 1. The molecule has 3 rings (SSSR count). The van der Waals surface area contributed by atoms with E-state index >= 15 is 0 Å². The fourth-order valence-corrected chi connectivity index (χ4v) is 2.55. The predicted molar refractivity (Wildman–Crippen MR) is 92.1 cm³/mol. The topological polar surface area (TPSA) is 46.9 Å². The lowest BCUT2D eigenvalue weighted by atomic mass is 10.2. The van der Waals surface area contributed by atoms with Crippen molar-refractivity contribution >= 4 is 11.6 Å². The number of rotatable bonds is 3. The van der Waals surface area contributed by atoms with Gasteiger partial charge in [-0.05, 0) is 57.2 Å². The zero-order chi connectivity index (χ0) is 17.3. The summed E-state index contributed by atoms with van der Waals surface area (Å²) >= 11 is 0. The van der Waals surface area contributed by atoms with Gasteiger partial charge < -0.3 is 5.32 Å². The predicted octanol–water partition coefficient (Wildman–Crippen LogP) is 4.19. The fourth-order valence-electron chi connectivity index (χ4n) is 2.55. The monoisotopic (exact) mass is 323 g/mol. The van der Waals surface area contributed by atoms with Gasteiger partial charge in [-0.25, -0.2) is 9.07 Å². The Morgan fingerprint density at radius 1 is 1.00 bits per heavy atom. The summed E-state index contributed by atoms with van der Waals surface area (Å²) in [5, 5.41) is 7.38. The Morgan fingerprint density at radius 2 is 1.62 bits per heavy atom. The molecule has 0 radical (unpaired) electrons. The number of carbonyl (C=O) groups excluding carboxylic acids is 1. The Hall–Kier alpha value is -2.95. The molecule has 24 heavy (non-hydrogen) atoms. The molecular formula is C19H18FN3O. The standard InChI is InChI=1S/C19H18FN3O/c1-12-4-10-17(11-5-12)23-14(3)18(13(2)22-23)21-19(24)15-6-8-16(20)9-7-15/h4-11H,1-3H3,(H,21,24). The van der Waals surface area contributed by atoms with Gasteiger partial charge in [-0.2, -0.15) is 5.10 Å². The second-order valence-electron chi connectivity index (χ2n) is 5.75. The largest absolute Gasteiger partial charge is 0.319 e. The molecule has 5 heteroatoms. The van der Waals surface area contributed by atoms with E-state index < -0.39 is 0 Å². The summed E-state index contributed by atoms with van der Waals surface area (Å²) in [6.07, 6.45) is 0. The van der Waals surface area contributed by atoms with Gasteiger partial charge in [0, 0.05) is 5.56 Å². The summed E-state index contributed by atoms with van der Waals surface area (Å²) < 4.78 is 14.8. The second-order valence-corrected chi connectivity index (χ2v) is 5.75. The van der Waals surface area contributed by atoms with Crippen molar-refractivity contribution in [3.05, 3.63) is 76.9 Å². The van der Waals surface area contributed by atoms with E-state index in [0.29, 0.717) is 11.3 Å². The number of halogens is 1. The van der Waals surface area contributed by atoms with Crippen LogP contribution in [0.5, 0.6) is 0 Å². The Morgan fingerprint density at radius 3 is 2.25 bits per heavy atom. The number of carbonyl (C=O) groups is 1. The average molecular weight is 323 g/mol. The van der Waals surface area contributed by atoms with Crippen LogP contribution in [0.1, 0.15) is 27.3 Å². The molecule has 0 atom stereocenters. The molecule has 0 bridgehead atoms. The van der Waals surface area contributed by atoms with Crippen LogP contribution in [0.25, 0.3) is 5.69 Å². The van der Waals surface area contributed by atoms with Crippen LogP contribution in [0.2, 0.25) is 0 Å². The molecule has 122 valence electrons. The van der Waals surface area contributed by atoms with Crippen molar-refractivity contribution in [2.75, 3.05) is 5.32 Å². The normalized spacial score (nSPS) is 10.7. The lowest BCUT2D eigenvalue weighted by Gasteiger charge is -2.07. The molecule has 4 nitrogen and oxygen atoms in total. The molecule has 1 N–H and O–H groups in total. The summed E-state index contributed by atoms with van der Waals surface area (Å²) in [6.45, 7) is 5.78. The van der Waals surface area contributed by atoms with Gasteiger partial charge in [0.25, 0.3) is 5.91 Å². The third-order valence-electron chi connectivity index (χ3n) is 3.91. The minimum Gasteiger partial charge on any atom is -0.319 e. The first-order chi connectivity index (χ1) is 11.5. The van der Waals surface area contributed by atoms with Crippen LogP contribution in [0.15, 0.2) is 48.5 Å². The number of nitrogens with zero attached hydrogens (tertiary/aromatic N) is 2. The van der Waals surface area contributed by atoms with E-state index in [4.69, 9.17) is 0 Å². The van der Waals surface area contributed by atoms with Gasteiger partial charge in [0.1, 0.15) is 5.82 Å². The first-order valence-electron chi connectivity index (χ1n) is 7.66. The Kier molecular flexibility index (Phi) is 4.16. The number of aryl methyl sites for hydroxylation is 2. The number of hydrogen-bond acceptors (Lipinski definition) is 2. The van der Waals surface area contributed by atoms with Gasteiger partial charge in [-0.3, -0.25) is 4.79 Å². The molecule has 2 aromatic carbocycles. The second kappa shape index (κ2) is 6.28. The zero-order valence-electron chi connectivity index (χ0n) is 13.8. The van der Waals surface area contributed by atoms with Crippen LogP contribution < -0.4 is 5.32 Å². The van der Waals surface area contributed by atoms with Crippen LogP contribution in [0.4, 0.5) is 10.1 Å². The smallest absolute Gasteiger partial charge is 0.255 e. The summed E-state index contributed by atoms with van der Waals surface area (Å²) in [4.78, 5) is 12.3. The van der Waals surface area contributed by atoms with E-state index in [1.54, 1.807) is 4.68 Å². The van der Waals surface area contributed by atoms with Crippen molar-refractivity contribution in [1.82, 2.24) is 9.78 Å². The lowest BCUT2D eigenvalue weighted by molar-refractivity contribution is 0.102. The van der Waals surface area contributed by atoms with Crippen LogP contribution >= 0.6 is 0 Å². The molecule has 0 saturated carbocycles. The van der Waals surface area contributed by atoms with E-state index in [1.807, 2.05) is 45.0 Å². The summed E-state index contributed by atoms with van der Waals surface area (Å²) in [5.41, 5.74) is 4.74. The lowest BCUT2D eigenvalue weighted by Crippen LogP contribution is -2.13. The Labute approximate surface area is 139 Å². The number of benzene rings is 2. The summed E-state index contributed by atoms with van der Waals surface area (Å²) in [6, 6.07) is 13.5. The maximum Gasteiger partial charge on any atom is 0.255 e. The highest BCUT2D eigenvalue weighted by Crippen LogP contribution is 2.23. The third-order valence-corrected chi connectivity index (χ3v) is 3.91. The van der Waals surface area contributed by atoms with Gasteiger partial charge >= 0.3 is 0 Å². The quantitative estimate of drug-likeness (QED) is 0.785. The molecule has 3 aromatic rings. The van der Waals surface area contributed by atoms with Crippen molar-refractivity contribution in [2.45, 2.75) is 20.8 Å². The Balaban J connectivity index is 1.90. The van der Waals surface area contributed by atoms with E-state index in [0.717, 1.165) is 17.1 Å². The molecule has 1 amide bonds. The van der Waals surface area contributed by atoms with Crippen molar-refractivity contribution < 1.29 is 9.18 Å². The highest BCUT2D eigenvalue weighted by Gasteiger charge is 2.16. The maximum absolute atomic E-state index is 13.0. The van der Waals surface area contributed by atoms with E-state index in [9.17, 15) is 9.18 Å². The van der Waals surface area contributed by atoms with Gasteiger partial charge in [0.15, 0.2) is 0 Å². The minimum absolute atomic E-state index is 0.287. The third kappa shape index (κ3) is 3.06. The molecule has 0 aliphatic heterocycles. The molecule has 0 spiro atoms. The minimum atomic E-state index is -0.369. The van der Waals surface area contributed by atoms with Crippen molar-refractivity contribution in [3.8, 4) is 5.69 Å². The highest BCUT2D eigenvalue weighted by atomic mass is 19.1. The Bertz CT molecular complexity index is 880. The number of anilines is 1. The van der Waals surface area contributed by atoms with E-state index in [2.05, 4.69) is 10.4 Å². The molecule has 0 aliphatic carbocycles. The van der Waals surface area contributed by atoms with E-state index in [-0.39, 0.29) is 11.7 Å². The van der Waals surface area contributed by atoms with Crippen molar-refractivity contribution in [1.29, 1.82) is 0 Å². The molecule has 1 aromatic heterocycles. The zero-order valence-corrected chi connectivity index (χ0v) is 13.8. The van der Waals surface area contributed by atoms with Crippen LogP contribution in [0.3, 0.4) is 0 Å². The number of nitrogens with one attached hydrogen (secondary N) is 1. The first kappa shape index (κ1) is 15.9. The summed E-state index contributed by atoms with van der Waals surface area (Å²) in [5.74, 6) is -0.657. The van der Waals surface area contributed by atoms with Crippen molar-refractivity contribution in [3.63, 3.8) is 0 Å². The van der Waals surface area contributed by atoms with Gasteiger partial charge in [0.05, 0.1) is 22.8 Å². The first-order valence-corrected chi connectivity index (χ1v) is 7.66. The maximum atomic E-state index is 13.0. The van der Waals surface area contributed by atoms with Crippen LogP contribution in [-0.4, -0.2) is 15.7 Å². The molecule has 0 aliphatic rings. The van der Waals surface area contributed by atoms with Gasteiger partial charge in [-0.1, -0.05) is 17.7 Å². The molecular weight excluding hydrogens is 305 g/mol. The molecule has 0 unspecified atom stereocenters.